The van der Waals surface area contributed by atoms with Gasteiger partial charge in [0, 0.05) is 19.2 Å². The molecule has 1 amide bonds. The molecule has 1 saturated heterocycles. The molecule has 8 nitrogen and oxygen atoms in total. The lowest BCUT2D eigenvalue weighted by molar-refractivity contribution is -0.140. The van der Waals surface area contributed by atoms with Crippen molar-refractivity contribution in [1.29, 1.82) is 0 Å². The molecule has 188 valence electrons. The lowest BCUT2D eigenvalue weighted by atomic mass is 9.93. The highest BCUT2D eigenvalue weighted by atomic mass is 16.5. The van der Waals surface area contributed by atoms with Gasteiger partial charge in [0.1, 0.15) is 11.5 Å². The van der Waals surface area contributed by atoms with Crippen LogP contribution in [0.25, 0.3) is 5.76 Å². The number of aryl methyl sites for hydroxylation is 1. The van der Waals surface area contributed by atoms with Crippen molar-refractivity contribution in [3.05, 3.63) is 58.7 Å². The molecule has 0 saturated carbocycles. The summed E-state index contributed by atoms with van der Waals surface area (Å²) < 4.78 is 21.8. The Morgan fingerprint density at radius 1 is 1.03 bits per heavy atom. The number of ether oxygens (including phenoxy) is 4. The Morgan fingerprint density at radius 3 is 2.37 bits per heavy atom. The number of benzene rings is 2. The number of carbonyl (C=O) groups is 2. The summed E-state index contributed by atoms with van der Waals surface area (Å²) >= 11 is 0. The van der Waals surface area contributed by atoms with E-state index in [-0.39, 0.29) is 30.4 Å². The van der Waals surface area contributed by atoms with E-state index in [9.17, 15) is 14.7 Å². The van der Waals surface area contributed by atoms with Crippen LogP contribution < -0.4 is 14.2 Å². The quantitative estimate of drug-likeness (QED) is 0.309. The molecule has 1 unspecified atom stereocenters. The van der Waals surface area contributed by atoms with Crippen molar-refractivity contribution in [1.82, 2.24) is 4.90 Å². The highest BCUT2D eigenvalue weighted by molar-refractivity contribution is 6.46. The smallest absolute Gasteiger partial charge is 0.295 e. The minimum atomic E-state index is -0.820. The number of Topliss-reactive ketones (excluding diaryl/α,β-unsaturated/α-hetero) is 1. The minimum Gasteiger partial charge on any atom is -0.507 e. The molecule has 3 rings (SSSR count). The summed E-state index contributed by atoms with van der Waals surface area (Å²) in [4.78, 5) is 27.7. The topological polar surface area (TPSA) is 94.5 Å². The summed E-state index contributed by atoms with van der Waals surface area (Å²) in [6.45, 7) is 6.75. The number of ketones is 1. The normalized spacial score (nSPS) is 17.2. The van der Waals surface area contributed by atoms with Crippen LogP contribution in [0.4, 0.5) is 0 Å². The second kappa shape index (κ2) is 11.3. The first kappa shape index (κ1) is 26.1. The molecule has 35 heavy (non-hydrogen) atoms. The number of aliphatic hydroxyl groups is 1. The highest BCUT2D eigenvalue weighted by Crippen LogP contribution is 2.42. The van der Waals surface area contributed by atoms with Crippen LogP contribution >= 0.6 is 0 Å². The van der Waals surface area contributed by atoms with Gasteiger partial charge in [-0.3, -0.25) is 9.59 Å². The van der Waals surface area contributed by atoms with Gasteiger partial charge >= 0.3 is 0 Å². The van der Waals surface area contributed by atoms with Crippen LogP contribution in [-0.4, -0.2) is 62.8 Å². The van der Waals surface area contributed by atoms with Crippen LogP contribution in [0.1, 0.15) is 36.6 Å². The molecular weight excluding hydrogens is 450 g/mol. The molecule has 2 aromatic rings. The third-order valence-corrected chi connectivity index (χ3v) is 5.84. The van der Waals surface area contributed by atoms with Crippen molar-refractivity contribution in [2.45, 2.75) is 26.8 Å². The van der Waals surface area contributed by atoms with Crippen molar-refractivity contribution in [3.63, 3.8) is 0 Å². The van der Waals surface area contributed by atoms with Crippen molar-refractivity contribution < 1.29 is 33.6 Å². The first-order chi connectivity index (χ1) is 16.7. The zero-order valence-electron chi connectivity index (χ0n) is 21.1. The van der Waals surface area contributed by atoms with E-state index in [1.807, 2.05) is 13.8 Å². The van der Waals surface area contributed by atoms with Gasteiger partial charge in [-0.05, 0) is 54.3 Å². The van der Waals surface area contributed by atoms with E-state index in [0.717, 1.165) is 0 Å². The van der Waals surface area contributed by atoms with Gasteiger partial charge in [-0.15, -0.1) is 0 Å². The van der Waals surface area contributed by atoms with E-state index in [0.29, 0.717) is 40.5 Å². The fourth-order valence-electron chi connectivity index (χ4n) is 4.05. The number of likely N-dealkylation sites (tertiary alicyclic amines) is 1. The third kappa shape index (κ3) is 5.43. The van der Waals surface area contributed by atoms with Crippen molar-refractivity contribution in [2.24, 2.45) is 5.92 Å². The second-order valence-electron chi connectivity index (χ2n) is 8.78. The largest absolute Gasteiger partial charge is 0.507 e. The lowest BCUT2D eigenvalue weighted by Gasteiger charge is -2.26. The van der Waals surface area contributed by atoms with Crippen LogP contribution in [0.5, 0.6) is 17.2 Å². The van der Waals surface area contributed by atoms with Crippen molar-refractivity contribution in [2.75, 3.05) is 41.1 Å². The maximum absolute atomic E-state index is 13.2. The Labute approximate surface area is 206 Å². The maximum Gasteiger partial charge on any atom is 0.295 e. The predicted octanol–water partition coefficient (Wildman–Crippen LogP) is 4.12. The van der Waals surface area contributed by atoms with E-state index in [2.05, 4.69) is 0 Å². The Morgan fingerprint density at radius 2 is 1.77 bits per heavy atom. The molecule has 1 atom stereocenters. The molecule has 1 N–H and O–H groups in total. The predicted molar refractivity (Wildman–Crippen MR) is 132 cm³/mol. The zero-order valence-corrected chi connectivity index (χ0v) is 21.1. The molecule has 0 aliphatic carbocycles. The van der Waals surface area contributed by atoms with Crippen LogP contribution in [0, 0.1) is 12.8 Å². The number of methoxy groups -OCH3 is 3. The summed E-state index contributed by atoms with van der Waals surface area (Å²) in [5, 5.41) is 11.3. The van der Waals surface area contributed by atoms with E-state index in [1.54, 1.807) is 57.5 Å². The first-order valence-electron chi connectivity index (χ1n) is 11.5. The van der Waals surface area contributed by atoms with E-state index < -0.39 is 17.7 Å². The molecule has 2 aromatic carbocycles. The Kier molecular flexibility index (Phi) is 8.40. The highest BCUT2D eigenvalue weighted by Gasteiger charge is 2.46. The summed E-state index contributed by atoms with van der Waals surface area (Å²) in [6.07, 6.45) is 0. The summed E-state index contributed by atoms with van der Waals surface area (Å²) in [5.41, 5.74) is 1.79. The standard InChI is InChI=1S/C27H33NO7/c1-16(2)15-35-22-14-18(7-10-21(22)34-6)24-23(26(30)27(31)28(24)11-12-32-4)25(29)20-9-8-19(33-5)13-17(20)3/h7-10,13-14,16,24,29H,11-12,15H2,1-6H3/b25-23+. The van der Waals surface area contributed by atoms with Crippen molar-refractivity contribution in [3.8, 4) is 17.2 Å². The molecule has 8 heteroatoms. The Balaban J connectivity index is 2.18. The van der Waals surface area contributed by atoms with E-state index in [4.69, 9.17) is 18.9 Å². The molecule has 1 aliphatic heterocycles. The molecule has 1 aliphatic rings. The van der Waals surface area contributed by atoms with Gasteiger partial charge in [-0.25, -0.2) is 0 Å². The number of nitrogens with zero attached hydrogens (tertiary/aromatic N) is 1. The second-order valence-corrected chi connectivity index (χ2v) is 8.78. The van der Waals surface area contributed by atoms with Crippen LogP contribution in [0.2, 0.25) is 0 Å². The fourth-order valence-corrected chi connectivity index (χ4v) is 4.05. The number of rotatable bonds is 10. The van der Waals surface area contributed by atoms with Gasteiger partial charge < -0.3 is 29.0 Å². The minimum absolute atomic E-state index is 0.0133. The summed E-state index contributed by atoms with van der Waals surface area (Å²) in [6, 6.07) is 9.57. The lowest BCUT2D eigenvalue weighted by Crippen LogP contribution is -2.32. The fraction of sp³-hybridized carbons (Fsp3) is 0.407. The first-order valence-corrected chi connectivity index (χ1v) is 11.5. The summed E-state index contributed by atoms with van der Waals surface area (Å²) in [5.74, 6) is 0.256. The van der Waals surface area contributed by atoms with Gasteiger partial charge in [-0.2, -0.15) is 0 Å². The molecule has 0 radical (unpaired) electrons. The number of carbonyl (C=O) groups excluding carboxylic acids is 2. The summed E-state index contributed by atoms with van der Waals surface area (Å²) in [7, 11) is 4.63. The van der Waals surface area contributed by atoms with E-state index >= 15 is 0 Å². The molecule has 0 aromatic heterocycles. The maximum atomic E-state index is 13.2. The average Bonchev–Trinajstić information content (AvgIpc) is 3.10. The molecule has 1 fully saturated rings. The monoisotopic (exact) mass is 483 g/mol. The van der Waals surface area contributed by atoms with Crippen LogP contribution in [-0.2, 0) is 14.3 Å². The number of hydrogen-bond acceptors (Lipinski definition) is 7. The van der Waals surface area contributed by atoms with Crippen LogP contribution in [0.15, 0.2) is 42.0 Å². The molecular formula is C27H33NO7. The van der Waals surface area contributed by atoms with Gasteiger partial charge in [0.25, 0.3) is 11.7 Å². The van der Waals surface area contributed by atoms with E-state index in [1.165, 1.54) is 12.0 Å². The number of aliphatic hydroxyl groups excluding tert-OH is 1. The number of amides is 1. The van der Waals surface area contributed by atoms with Gasteiger partial charge in [-0.1, -0.05) is 19.9 Å². The molecule has 0 spiro atoms. The average molecular weight is 484 g/mol. The molecule has 0 bridgehead atoms. The molecule has 1 heterocycles. The van der Waals surface area contributed by atoms with Gasteiger partial charge in [0.15, 0.2) is 11.5 Å². The third-order valence-electron chi connectivity index (χ3n) is 5.84. The Bertz CT molecular complexity index is 1120. The SMILES string of the molecule is COCCN1C(=O)C(=O)/C(=C(/O)c2ccc(OC)cc2C)C1c1ccc(OC)c(OCC(C)C)c1. The van der Waals surface area contributed by atoms with Crippen LogP contribution in [0.3, 0.4) is 0 Å². The van der Waals surface area contributed by atoms with Gasteiger partial charge in [0.05, 0.1) is 39.0 Å². The van der Waals surface area contributed by atoms with Crippen molar-refractivity contribution >= 4 is 17.4 Å². The zero-order chi connectivity index (χ0) is 25.7. The van der Waals surface area contributed by atoms with Gasteiger partial charge in [0.2, 0.25) is 0 Å². The Hall–Kier alpha value is -3.52. The number of hydrogen-bond donors (Lipinski definition) is 1.